The molecule has 0 bridgehead atoms. The maximum atomic E-state index is 12.1. The van der Waals surface area contributed by atoms with Crippen LogP contribution in [0.1, 0.15) is 33.2 Å². The van der Waals surface area contributed by atoms with Crippen LogP contribution in [0.2, 0.25) is 0 Å². The van der Waals surface area contributed by atoms with Crippen LogP contribution in [0.3, 0.4) is 0 Å². The third-order valence-corrected chi connectivity index (χ3v) is 6.14. The Hall–Kier alpha value is -2.39. The standard InChI is InChI=1S/C17H26N6O7S/c1-17(2,3)13(26)16(27)22-31(28,29)30-5-8-4-9(12(25)11(8)24)23-7-21-10-14(18)19-6-20-15(10)23/h6-9,11-13,24-26H,4-5H2,1-3H3,(H,22,27)(H2,18,19,20)/t8?,9?,11?,12?,13-/m0/s1. The number of imidazole rings is 1. The summed E-state index contributed by atoms with van der Waals surface area (Å²) in [7, 11) is -4.53. The molecule has 6 N–H and O–H groups in total. The van der Waals surface area contributed by atoms with Gasteiger partial charge in [0, 0.05) is 5.92 Å². The number of fused-ring (bicyclic) bond motifs is 1. The average Bonchev–Trinajstić information content (AvgIpc) is 3.21. The van der Waals surface area contributed by atoms with Crippen LogP contribution < -0.4 is 10.5 Å². The molecule has 1 aliphatic rings. The minimum Gasteiger partial charge on any atom is -0.390 e. The van der Waals surface area contributed by atoms with Crippen molar-refractivity contribution in [1.82, 2.24) is 24.2 Å². The van der Waals surface area contributed by atoms with Gasteiger partial charge in [0.15, 0.2) is 11.5 Å². The summed E-state index contributed by atoms with van der Waals surface area (Å²) < 4.78 is 32.2. The molecule has 14 heteroatoms. The van der Waals surface area contributed by atoms with Crippen LogP contribution in [-0.4, -0.2) is 74.1 Å². The third-order valence-electron chi connectivity index (χ3n) is 5.25. The minimum absolute atomic E-state index is 0.145. The van der Waals surface area contributed by atoms with Crippen LogP contribution >= 0.6 is 0 Å². The fraction of sp³-hybridized carbons (Fsp3) is 0.647. The third kappa shape index (κ3) is 4.77. The van der Waals surface area contributed by atoms with Gasteiger partial charge < -0.3 is 25.6 Å². The summed E-state index contributed by atoms with van der Waals surface area (Å²) in [5.41, 5.74) is 5.59. The van der Waals surface area contributed by atoms with Gasteiger partial charge >= 0.3 is 10.3 Å². The molecule has 1 saturated carbocycles. The Morgan fingerprint density at radius 1 is 1.32 bits per heavy atom. The molecule has 3 rings (SSSR count). The first-order valence-corrected chi connectivity index (χ1v) is 10.9. The summed E-state index contributed by atoms with van der Waals surface area (Å²) in [4.78, 5) is 24.0. The first kappa shape index (κ1) is 23.3. The van der Waals surface area contributed by atoms with E-state index in [2.05, 4.69) is 15.0 Å². The van der Waals surface area contributed by atoms with Crippen molar-refractivity contribution in [2.24, 2.45) is 11.3 Å². The molecule has 2 heterocycles. The summed E-state index contributed by atoms with van der Waals surface area (Å²) >= 11 is 0. The maximum Gasteiger partial charge on any atom is 0.362 e. The Morgan fingerprint density at radius 2 is 2.00 bits per heavy atom. The number of hydrogen-bond acceptors (Lipinski definition) is 11. The summed E-state index contributed by atoms with van der Waals surface area (Å²) in [5, 5.41) is 30.8. The Morgan fingerprint density at radius 3 is 2.65 bits per heavy atom. The van der Waals surface area contributed by atoms with Gasteiger partial charge in [-0.1, -0.05) is 20.8 Å². The first-order chi connectivity index (χ1) is 14.3. The molecule has 5 atom stereocenters. The smallest absolute Gasteiger partial charge is 0.362 e. The number of amides is 1. The fourth-order valence-corrected chi connectivity index (χ4v) is 4.20. The zero-order valence-corrected chi connectivity index (χ0v) is 18.0. The van der Waals surface area contributed by atoms with E-state index in [1.807, 2.05) is 0 Å². The Balaban J connectivity index is 1.68. The second-order valence-electron chi connectivity index (χ2n) is 8.60. The molecule has 0 saturated heterocycles. The number of hydrogen-bond donors (Lipinski definition) is 5. The summed E-state index contributed by atoms with van der Waals surface area (Å²) in [6.07, 6.45) is -1.32. The van der Waals surface area contributed by atoms with Gasteiger partial charge in [-0.15, -0.1) is 0 Å². The van der Waals surface area contributed by atoms with Crippen LogP contribution in [0.15, 0.2) is 12.7 Å². The van der Waals surface area contributed by atoms with E-state index in [0.717, 1.165) is 0 Å². The minimum atomic E-state index is -4.53. The van der Waals surface area contributed by atoms with Gasteiger partial charge in [-0.05, 0) is 11.8 Å². The van der Waals surface area contributed by atoms with Crippen molar-refractivity contribution in [1.29, 1.82) is 0 Å². The molecule has 13 nitrogen and oxygen atoms in total. The number of nitrogens with zero attached hydrogens (tertiary/aromatic N) is 4. The van der Waals surface area contributed by atoms with Crippen LogP contribution in [0, 0.1) is 11.3 Å². The second kappa shape index (κ2) is 8.27. The molecule has 172 valence electrons. The maximum absolute atomic E-state index is 12.1. The molecule has 0 radical (unpaired) electrons. The first-order valence-electron chi connectivity index (χ1n) is 9.50. The van der Waals surface area contributed by atoms with Crippen molar-refractivity contribution < 1.29 is 32.7 Å². The summed E-state index contributed by atoms with van der Waals surface area (Å²) in [6, 6.07) is -0.664. The van der Waals surface area contributed by atoms with Gasteiger partial charge in [0.05, 0.1) is 25.1 Å². The molecule has 2 aromatic heterocycles. The van der Waals surface area contributed by atoms with Gasteiger partial charge in [0.25, 0.3) is 5.91 Å². The highest BCUT2D eigenvalue weighted by atomic mass is 32.2. The SMILES string of the molecule is CC(C)(C)[C@@H](O)C(=O)NS(=O)(=O)OCC1CC(n2cnc3c(N)ncnc32)C(O)C1O. The highest BCUT2D eigenvalue weighted by Crippen LogP contribution is 2.37. The van der Waals surface area contributed by atoms with E-state index in [-0.39, 0.29) is 12.2 Å². The van der Waals surface area contributed by atoms with Crippen LogP contribution in [0.4, 0.5) is 5.82 Å². The van der Waals surface area contributed by atoms with E-state index in [1.165, 1.54) is 17.2 Å². The number of nitrogens with one attached hydrogen (secondary N) is 1. The summed E-state index contributed by atoms with van der Waals surface area (Å²) in [6.45, 7) is 4.21. The molecular formula is C17H26N6O7S. The molecule has 1 amide bonds. The molecule has 1 aliphatic carbocycles. The number of carbonyl (C=O) groups excluding carboxylic acids is 1. The fourth-order valence-electron chi connectivity index (χ4n) is 3.43. The predicted molar refractivity (Wildman–Crippen MR) is 107 cm³/mol. The number of aliphatic hydroxyl groups excluding tert-OH is 3. The van der Waals surface area contributed by atoms with E-state index in [4.69, 9.17) is 9.92 Å². The van der Waals surface area contributed by atoms with E-state index < -0.39 is 58.5 Å². The van der Waals surface area contributed by atoms with Gasteiger partial charge in [-0.25, -0.2) is 19.7 Å². The van der Waals surface area contributed by atoms with Gasteiger partial charge in [0.2, 0.25) is 0 Å². The molecule has 31 heavy (non-hydrogen) atoms. The number of nitrogens with two attached hydrogens (primary N) is 1. The van der Waals surface area contributed by atoms with Crippen molar-refractivity contribution in [3.63, 3.8) is 0 Å². The van der Waals surface area contributed by atoms with Crippen LogP contribution in [0.5, 0.6) is 0 Å². The van der Waals surface area contributed by atoms with E-state index in [1.54, 1.807) is 25.5 Å². The highest BCUT2D eigenvalue weighted by molar-refractivity contribution is 7.85. The Labute approximate surface area is 178 Å². The van der Waals surface area contributed by atoms with Crippen molar-refractivity contribution in [2.75, 3.05) is 12.3 Å². The lowest BCUT2D eigenvalue weighted by molar-refractivity contribution is -0.132. The molecule has 1 fully saturated rings. The number of aromatic nitrogens is 4. The molecule has 0 aliphatic heterocycles. The Bertz CT molecular complexity index is 1070. The number of rotatable bonds is 6. The second-order valence-corrected chi connectivity index (χ2v) is 9.95. The van der Waals surface area contributed by atoms with E-state index in [9.17, 15) is 28.5 Å². The average molecular weight is 458 g/mol. The molecular weight excluding hydrogens is 432 g/mol. The number of aliphatic hydroxyl groups is 3. The topological polar surface area (TPSA) is 203 Å². The quantitative estimate of drug-likeness (QED) is 0.336. The predicted octanol–water partition coefficient (Wildman–Crippen LogP) is -1.52. The van der Waals surface area contributed by atoms with E-state index >= 15 is 0 Å². The van der Waals surface area contributed by atoms with Gasteiger partial charge in [-0.2, -0.15) is 8.42 Å². The van der Waals surface area contributed by atoms with Gasteiger partial charge in [0.1, 0.15) is 24.1 Å². The molecule has 2 aromatic rings. The zero-order valence-electron chi connectivity index (χ0n) is 17.2. The molecule has 0 aromatic carbocycles. The summed E-state index contributed by atoms with van der Waals surface area (Å²) in [5.74, 6) is -1.73. The van der Waals surface area contributed by atoms with Crippen molar-refractivity contribution in [3.8, 4) is 0 Å². The van der Waals surface area contributed by atoms with Crippen molar-refractivity contribution in [2.45, 2.75) is 51.5 Å². The van der Waals surface area contributed by atoms with Crippen LogP contribution in [-0.2, 0) is 19.3 Å². The van der Waals surface area contributed by atoms with Crippen LogP contribution in [0.25, 0.3) is 11.2 Å². The number of carbonyl (C=O) groups is 1. The largest absolute Gasteiger partial charge is 0.390 e. The highest BCUT2D eigenvalue weighted by Gasteiger charge is 2.44. The monoisotopic (exact) mass is 458 g/mol. The van der Waals surface area contributed by atoms with Gasteiger partial charge in [-0.3, -0.25) is 8.98 Å². The lowest BCUT2D eigenvalue weighted by atomic mass is 9.89. The normalized spacial score (nSPS) is 25.6. The molecule has 4 unspecified atom stereocenters. The number of anilines is 1. The lowest BCUT2D eigenvalue weighted by Gasteiger charge is -2.24. The zero-order chi connectivity index (χ0) is 23.1. The lowest BCUT2D eigenvalue weighted by Crippen LogP contribution is -2.45. The van der Waals surface area contributed by atoms with Crippen molar-refractivity contribution in [3.05, 3.63) is 12.7 Å². The number of nitrogen functional groups attached to an aromatic ring is 1. The van der Waals surface area contributed by atoms with E-state index in [0.29, 0.717) is 11.2 Å². The molecule has 0 spiro atoms. The Kier molecular flexibility index (Phi) is 6.21. The van der Waals surface area contributed by atoms with Crippen molar-refractivity contribution >= 4 is 33.2 Å².